The summed E-state index contributed by atoms with van der Waals surface area (Å²) < 4.78 is 20.5. The number of amides is 1. The van der Waals surface area contributed by atoms with Gasteiger partial charge in [-0.15, -0.1) is 0 Å². The Morgan fingerprint density at radius 1 is 0.829 bits per heavy atom. The average Bonchev–Trinajstić information content (AvgIpc) is 3.29. The summed E-state index contributed by atoms with van der Waals surface area (Å²) in [6.07, 6.45) is 1.82. The van der Waals surface area contributed by atoms with Gasteiger partial charge in [-0.1, -0.05) is 71.7 Å². The Labute approximate surface area is 250 Å². The maximum atomic E-state index is 14.3. The molecule has 1 aliphatic rings. The van der Waals surface area contributed by atoms with E-state index in [1.807, 2.05) is 42.5 Å². The molecule has 5 aromatic rings. The number of anilines is 1. The molecule has 0 aliphatic carbocycles. The second-order valence-corrected chi connectivity index (χ2v) is 11.1. The molecule has 202 valence electrons. The fraction of sp³-hybridized carbons (Fsp3) is 0.0303. The first kappa shape index (κ1) is 27.1. The number of amidine groups is 1. The van der Waals surface area contributed by atoms with Gasteiger partial charge in [0, 0.05) is 21.2 Å². The number of carbonyl (C=O) groups excluding carboxylic acids is 1. The summed E-state index contributed by atoms with van der Waals surface area (Å²) >= 11 is 13.5. The van der Waals surface area contributed by atoms with Crippen molar-refractivity contribution in [3.8, 4) is 5.75 Å². The second kappa shape index (κ2) is 11.8. The van der Waals surface area contributed by atoms with Crippen LogP contribution in [0.1, 0.15) is 11.1 Å². The summed E-state index contributed by atoms with van der Waals surface area (Å²) in [7, 11) is 0. The number of aliphatic imine (C=N–C) groups is 1. The lowest BCUT2D eigenvalue weighted by Gasteiger charge is -2.16. The Kier molecular flexibility index (Phi) is 7.79. The van der Waals surface area contributed by atoms with Gasteiger partial charge < -0.3 is 4.74 Å². The molecule has 1 fully saturated rings. The van der Waals surface area contributed by atoms with E-state index in [4.69, 9.17) is 32.9 Å². The zero-order chi connectivity index (χ0) is 28.3. The summed E-state index contributed by atoms with van der Waals surface area (Å²) in [5, 5.41) is 3.53. The van der Waals surface area contributed by atoms with E-state index in [1.54, 1.807) is 71.6 Å². The van der Waals surface area contributed by atoms with E-state index < -0.39 is 0 Å². The lowest BCUT2D eigenvalue weighted by atomic mass is 10.0. The van der Waals surface area contributed by atoms with Crippen molar-refractivity contribution in [2.24, 2.45) is 4.99 Å². The van der Waals surface area contributed by atoms with Gasteiger partial charge >= 0.3 is 0 Å². The number of rotatable bonds is 6. The largest absolute Gasteiger partial charge is 0.488 e. The lowest BCUT2D eigenvalue weighted by Crippen LogP contribution is -2.28. The van der Waals surface area contributed by atoms with Crippen LogP contribution in [0.15, 0.2) is 119 Å². The average molecular weight is 600 g/mol. The van der Waals surface area contributed by atoms with Gasteiger partial charge in [-0.3, -0.25) is 9.69 Å². The van der Waals surface area contributed by atoms with Crippen molar-refractivity contribution in [1.82, 2.24) is 0 Å². The molecule has 0 radical (unpaired) electrons. The highest BCUT2D eigenvalue weighted by Gasteiger charge is 2.35. The first-order valence-corrected chi connectivity index (χ1v) is 14.3. The number of fused-ring (bicyclic) bond motifs is 1. The quantitative estimate of drug-likeness (QED) is 0.183. The second-order valence-electron chi connectivity index (χ2n) is 9.18. The van der Waals surface area contributed by atoms with Crippen molar-refractivity contribution in [1.29, 1.82) is 0 Å². The predicted molar refractivity (Wildman–Crippen MR) is 168 cm³/mol. The fourth-order valence-corrected chi connectivity index (χ4v) is 5.68. The molecule has 1 aliphatic heterocycles. The van der Waals surface area contributed by atoms with Crippen molar-refractivity contribution >= 4 is 74.3 Å². The molecule has 8 heteroatoms. The number of hydrogen-bond acceptors (Lipinski definition) is 4. The van der Waals surface area contributed by atoms with Crippen LogP contribution in [0.4, 0.5) is 15.8 Å². The maximum Gasteiger partial charge on any atom is 0.271 e. The molecule has 5 aromatic carbocycles. The molecule has 0 bridgehead atoms. The third-order valence-corrected chi connectivity index (χ3v) is 7.96. The molecule has 4 nitrogen and oxygen atoms in total. The Hall–Kier alpha value is -4.10. The lowest BCUT2D eigenvalue weighted by molar-refractivity contribution is -0.113. The molecule has 0 N–H and O–H groups in total. The topological polar surface area (TPSA) is 41.9 Å². The van der Waals surface area contributed by atoms with Gasteiger partial charge in [0.05, 0.1) is 16.3 Å². The highest BCUT2D eigenvalue weighted by atomic mass is 35.5. The minimum atomic E-state index is -0.337. The number of nitrogens with zero attached hydrogens (tertiary/aromatic N) is 2. The van der Waals surface area contributed by atoms with Crippen molar-refractivity contribution in [3.05, 3.63) is 141 Å². The third kappa shape index (κ3) is 5.86. The van der Waals surface area contributed by atoms with Crippen LogP contribution in [0.25, 0.3) is 16.8 Å². The normalized spacial score (nSPS) is 15.3. The zero-order valence-corrected chi connectivity index (χ0v) is 23.8. The van der Waals surface area contributed by atoms with E-state index >= 15 is 0 Å². The van der Waals surface area contributed by atoms with Crippen LogP contribution in [-0.4, -0.2) is 11.1 Å². The first-order valence-electron chi connectivity index (χ1n) is 12.7. The van der Waals surface area contributed by atoms with Crippen molar-refractivity contribution in [3.63, 3.8) is 0 Å². The maximum absolute atomic E-state index is 14.3. The summed E-state index contributed by atoms with van der Waals surface area (Å²) in [6.45, 7) is 0.0441. The Morgan fingerprint density at radius 3 is 2.27 bits per heavy atom. The van der Waals surface area contributed by atoms with Crippen molar-refractivity contribution in [2.45, 2.75) is 6.61 Å². The van der Waals surface area contributed by atoms with Gasteiger partial charge in [-0.2, -0.15) is 0 Å². The van der Waals surface area contributed by atoms with Crippen LogP contribution in [0.5, 0.6) is 5.75 Å². The number of ether oxygens (including phenoxy) is 1. The number of benzene rings is 5. The van der Waals surface area contributed by atoms with E-state index in [9.17, 15) is 9.18 Å². The van der Waals surface area contributed by atoms with Gasteiger partial charge in [0.1, 0.15) is 18.2 Å². The van der Waals surface area contributed by atoms with Gasteiger partial charge in [-0.25, -0.2) is 9.38 Å². The van der Waals surface area contributed by atoms with Crippen molar-refractivity contribution < 1.29 is 13.9 Å². The van der Waals surface area contributed by atoms with E-state index in [0.717, 1.165) is 16.3 Å². The molecule has 6 rings (SSSR count). The van der Waals surface area contributed by atoms with E-state index in [1.165, 1.54) is 17.8 Å². The summed E-state index contributed by atoms with van der Waals surface area (Å²) in [5.41, 5.74) is 2.46. The Bertz CT molecular complexity index is 1820. The number of halogens is 3. The summed E-state index contributed by atoms with van der Waals surface area (Å²) in [4.78, 5) is 20.7. The molecule has 0 unspecified atom stereocenters. The molecule has 1 saturated heterocycles. The number of hydrogen-bond donors (Lipinski definition) is 0. The van der Waals surface area contributed by atoms with Crippen molar-refractivity contribution in [2.75, 3.05) is 4.90 Å². The highest BCUT2D eigenvalue weighted by molar-refractivity contribution is 8.19. The van der Waals surface area contributed by atoms with Crippen LogP contribution in [0.2, 0.25) is 10.0 Å². The predicted octanol–water partition coefficient (Wildman–Crippen LogP) is 9.67. The molecule has 0 spiro atoms. The zero-order valence-electron chi connectivity index (χ0n) is 21.4. The smallest absolute Gasteiger partial charge is 0.271 e. The van der Waals surface area contributed by atoms with Gasteiger partial charge in [0.15, 0.2) is 5.17 Å². The molecule has 0 aromatic heterocycles. The molecule has 0 saturated carbocycles. The van der Waals surface area contributed by atoms with E-state index in [2.05, 4.69) is 0 Å². The Balaban J connectivity index is 1.44. The van der Waals surface area contributed by atoms with Gasteiger partial charge in [0.2, 0.25) is 0 Å². The fourth-order valence-electron chi connectivity index (χ4n) is 4.45. The monoisotopic (exact) mass is 598 g/mol. The van der Waals surface area contributed by atoms with Crippen LogP contribution >= 0.6 is 35.0 Å². The number of thioether (sulfide) groups is 1. The van der Waals surface area contributed by atoms with Crippen LogP contribution in [0.3, 0.4) is 0 Å². The Morgan fingerprint density at radius 2 is 1.51 bits per heavy atom. The molecular formula is C33H21Cl2FN2O2S. The third-order valence-electron chi connectivity index (χ3n) is 6.49. The minimum absolute atomic E-state index is 0.0441. The van der Waals surface area contributed by atoms with E-state index in [0.29, 0.717) is 42.8 Å². The SMILES string of the molecule is O=C1/C(=C/c2c(OCc3ccccc3F)ccc3ccccc23)SC(=Nc2ccc(Cl)cc2)N1c1ccc(Cl)cc1. The van der Waals surface area contributed by atoms with Crippen LogP contribution < -0.4 is 9.64 Å². The summed E-state index contributed by atoms with van der Waals surface area (Å²) in [5.74, 6) is -0.0385. The van der Waals surface area contributed by atoms with Gasteiger partial charge in [-0.05, 0) is 89.3 Å². The summed E-state index contributed by atoms with van der Waals surface area (Å²) in [6, 6.07) is 32.3. The molecule has 1 heterocycles. The molecular weight excluding hydrogens is 578 g/mol. The van der Waals surface area contributed by atoms with Crippen LogP contribution in [-0.2, 0) is 11.4 Å². The molecule has 41 heavy (non-hydrogen) atoms. The number of carbonyl (C=O) groups is 1. The molecule has 1 amide bonds. The van der Waals surface area contributed by atoms with E-state index in [-0.39, 0.29) is 18.3 Å². The minimum Gasteiger partial charge on any atom is -0.488 e. The van der Waals surface area contributed by atoms with Crippen LogP contribution in [0, 0.1) is 5.82 Å². The van der Waals surface area contributed by atoms with Gasteiger partial charge in [0.25, 0.3) is 5.91 Å². The highest BCUT2D eigenvalue weighted by Crippen LogP contribution is 2.40. The first-order chi connectivity index (χ1) is 20.0. The molecule has 0 atom stereocenters. The standard InChI is InChI=1S/C33H21Cl2FN2O2S/c34-23-10-14-25(15-11-23)37-33-38(26-16-12-24(35)13-17-26)32(39)31(41-33)19-28-27-7-3-1-5-21(27)9-18-30(28)40-20-22-6-2-4-8-29(22)36/h1-19H,20H2/b31-19-,37-33?.